The van der Waals surface area contributed by atoms with Crippen LogP contribution in [0.1, 0.15) is 29.4 Å². The lowest BCUT2D eigenvalue weighted by Crippen LogP contribution is -2.30. The molecule has 1 aliphatic heterocycles. The first-order valence-corrected chi connectivity index (χ1v) is 8.13. The van der Waals surface area contributed by atoms with Gasteiger partial charge >= 0.3 is 0 Å². The third-order valence-corrected chi connectivity index (χ3v) is 4.67. The van der Waals surface area contributed by atoms with Crippen LogP contribution in [0.3, 0.4) is 0 Å². The maximum Gasteiger partial charge on any atom is 0.257 e. The Kier molecular flexibility index (Phi) is 4.41. The summed E-state index contributed by atoms with van der Waals surface area (Å²) in [6, 6.07) is 7.32. The summed E-state index contributed by atoms with van der Waals surface area (Å²) < 4.78 is 1.70. The topological polar surface area (TPSA) is 58.4 Å². The molecule has 5 nitrogen and oxygen atoms in total. The lowest BCUT2D eigenvalue weighted by Gasteiger charge is -2.17. The van der Waals surface area contributed by atoms with E-state index in [9.17, 15) is 9.90 Å². The number of amides is 1. The van der Waals surface area contributed by atoms with Crippen molar-refractivity contribution in [2.24, 2.45) is 5.92 Å². The minimum Gasteiger partial charge on any atom is -0.393 e. The summed E-state index contributed by atoms with van der Waals surface area (Å²) in [5, 5.41) is 14.8. The van der Waals surface area contributed by atoms with Crippen molar-refractivity contribution >= 4 is 17.5 Å². The maximum absolute atomic E-state index is 12.7. The second-order valence-electron chi connectivity index (χ2n) is 6.09. The van der Waals surface area contributed by atoms with Crippen LogP contribution >= 0.6 is 11.6 Å². The lowest BCUT2D eigenvalue weighted by atomic mass is 10.0. The molecule has 6 heteroatoms. The van der Waals surface area contributed by atoms with Crippen molar-refractivity contribution in [2.75, 3.05) is 13.1 Å². The van der Waals surface area contributed by atoms with Gasteiger partial charge in [-0.15, -0.1) is 0 Å². The number of halogens is 1. The standard InChI is InChI=1S/C17H20ClN3O2/c1-11-16(17(23)20-8-7-13(9-20)12(2)22)10-21(19-11)15-5-3-14(18)4-6-15/h3-6,10,12-13,22H,7-9H2,1-2H3. The highest BCUT2D eigenvalue weighted by Crippen LogP contribution is 2.23. The molecular formula is C17H20ClN3O2. The monoisotopic (exact) mass is 333 g/mol. The van der Waals surface area contributed by atoms with Crippen molar-refractivity contribution in [1.82, 2.24) is 14.7 Å². The van der Waals surface area contributed by atoms with E-state index < -0.39 is 0 Å². The predicted octanol–water partition coefficient (Wildman–Crippen LogP) is 2.68. The largest absolute Gasteiger partial charge is 0.393 e. The number of aryl methyl sites for hydroxylation is 1. The van der Waals surface area contributed by atoms with Crippen LogP contribution in [0.15, 0.2) is 30.5 Å². The van der Waals surface area contributed by atoms with Gasteiger partial charge in [0.25, 0.3) is 5.91 Å². The molecule has 122 valence electrons. The van der Waals surface area contributed by atoms with Crippen molar-refractivity contribution in [3.05, 3.63) is 46.7 Å². The average Bonchev–Trinajstić information content (AvgIpc) is 3.14. The van der Waals surface area contributed by atoms with Gasteiger partial charge in [-0.2, -0.15) is 5.10 Å². The number of hydrogen-bond acceptors (Lipinski definition) is 3. The minimum atomic E-state index is -0.384. The molecule has 23 heavy (non-hydrogen) atoms. The Bertz CT molecular complexity index is 709. The lowest BCUT2D eigenvalue weighted by molar-refractivity contribution is 0.0762. The summed E-state index contributed by atoms with van der Waals surface area (Å²) in [7, 11) is 0. The Labute approximate surface area is 140 Å². The smallest absolute Gasteiger partial charge is 0.257 e. The maximum atomic E-state index is 12.7. The van der Waals surface area contributed by atoms with Crippen LogP contribution in [0.2, 0.25) is 5.02 Å². The molecule has 1 fully saturated rings. The van der Waals surface area contributed by atoms with Gasteiger partial charge in [0, 0.05) is 30.2 Å². The Morgan fingerprint density at radius 2 is 2.09 bits per heavy atom. The molecular weight excluding hydrogens is 314 g/mol. The van der Waals surface area contributed by atoms with Gasteiger partial charge < -0.3 is 10.0 Å². The first-order valence-electron chi connectivity index (χ1n) is 7.75. The van der Waals surface area contributed by atoms with Crippen LogP contribution in [0, 0.1) is 12.8 Å². The second kappa shape index (κ2) is 6.34. The van der Waals surface area contributed by atoms with Crippen molar-refractivity contribution < 1.29 is 9.90 Å². The third-order valence-electron chi connectivity index (χ3n) is 4.41. The molecule has 3 rings (SSSR count). The number of carbonyl (C=O) groups excluding carboxylic acids is 1. The van der Waals surface area contributed by atoms with E-state index in [4.69, 9.17) is 11.6 Å². The van der Waals surface area contributed by atoms with Gasteiger partial charge in [-0.3, -0.25) is 4.79 Å². The minimum absolute atomic E-state index is 0.0223. The molecule has 0 radical (unpaired) electrons. The summed E-state index contributed by atoms with van der Waals surface area (Å²) in [4.78, 5) is 14.5. The number of aromatic nitrogens is 2. The number of aliphatic hydroxyl groups is 1. The van der Waals surface area contributed by atoms with Gasteiger partial charge in [0.15, 0.2) is 0 Å². The van der Waals surface area contributed by atoms with Crippen LogP contribution in [0.25, 0.3) is 5.69 Å². The van der Waals surface area contributed by atoms with Crippen molar-refractivity contribution in [1.29, 1.82) is 0 Å². The Balaban J connectivity index is 1.81. The van der Waals surface area contributed by atoms with Gasteiger partial charge in [-0.25, -0.2) is 4.68 Å². The van der Waals surface area contributed by atoms with Gasteiger partial charge in [0.05, 0.1) is 23.0 Å². The molecule has 0 saturated carbocycles. The van der Waals surface area contributed by atoms with E-state index in [1.807, 2.05) is 19.1 Å². The van der Waals surface area contributed by atoms with E-state index in [0.717, 1.165) is 12.1 Å². The molecule has 1 aromatic heterocycles. The van der Waals surface area contributed by atoms with E-state index in [-0.39, 0.29) is 17.9 Å². The van der Waals surface area contributed by atoms with Crippen molar-refractivity contribution in [3.63, 3.8) is 0 Å². The molecule has 1 N–H and O–H groups in total. The van der Waals surface area contributed by atoms with Crippen LogP contribution in [-0.4, -0.2) is 44.9 Å². The number of rotatable bonds is 3. The zero-order valence-electron chi connectivity index (χ0n) is 13.2. The zero-order chi connectivity index (χ0) is 16.6. The normalized spacial score (nSPS) is 19.1. The molecule has 0 spiro atoms. The van der Waals surface area contributed by atoms with Gasteiger partial charge in [0.1, 0.15) is 0 Å². The van der Waals surface area contributed by atoms with Crippen LogP contribution in [-0.2, 0) is 0 Å². The van der Waals surface area contributed by atoms with Gasteiger partial charge in [-0.1, -0.05) is 11.6 Å². The molecule has 1 aromatic carbocycles. The number of hydrogen-bond donors (Lipinski definition) is 1. The SMILES string of the molecule is Cc1nn(-c2ccc(Cl)cc2)cc1C(=O)N1CCC(C(C)O)C1. The Morgan fingerprint density at radius 3 is 2.70 bits per heavy atom. The molecule has 2 heterocycles. The van der Waals surface area contributed by atoms with Crippen LogP contribution in [0.4, 0.5) is 0 Å². The number of nitrogens with zero attached hydrogens (tertiary/aromatic N) is 3. The van der Waals surface area contributed by atoms with Gasteiger partial charge in [0.2, 0.25) is 0 Å². The molecule has 2 unspecified atom stereocenters. The summed E-state index contributed by atoms with van der Waals surface area (Å²) in [5.74, 6) is 0.136. The van der Waals surface area contributed by atoms with E-state index in [1.165, 1.54) is 0 Å². The zero-order valence-corrected chi connectivity index (χ0v) is 14.0. The predicted molar refractivity (Wildman–Crippen MR) is 89.0 cm³/mol. The highest BCUT2D eigenvalue weighted by molar-refractivity contribution is 6.30. The average molecular weight is 334 g/mol. The Hall–Kier alpha value is -1.85. The van der Waals surface area contributed by atoms with E-state index in [1.54, 1.807) is 34.8 Å². The summed E-state index contributed by atoms with van der Waals surface area (Å²) in [6.07, 6.45) is 2.22. The summed E-state index contributed by atoms with van der Waals surface area (Å²) in [6.45, 7) is 4.90. The fourth-order valence-corrected chi connectivity index (χ4v) is 3.06. The fourth-order valence-electron chi connectivity index (χ4n) is 2.93. The highest BCUT2D eigenvalue weighted by Gasteiger charge is 2.30. The van der Waals surface area contributed by atoms with Gasteiger partial charge in [-0.05, 0) is 44.5 Å². The number of benzene rings is 1. The molecule has 0 bridgehead atoms. The summed E-state index contributed by atoms with van der Waals surface area (Å²) in [5.41, 5.74) is 2.16. The van der Waals surface area contributed by atoms with Crippen LogP contribution < -0.4 is 0 Å². The van der Waals surface area contributed by atoms with Crippen molar-refractivity contribution in [3.8, 4) is 5.69 Å². The van der Waals surface area contributed by atoms with Crippen LogP contribution in [0.5, 0.6) is 0 Å². The quantitative estimate of drug-likeness (QED) is 0.939. The first-order chi connectivity index (χ1) is 11.0. The molecule has 2 aromatic rings. The second-order valence-corrected chi connectivity index (χ2v) is 6.53. The Morgan fingerprint density at radius 1 is 1.39 bits per heavy atom. The summed E-state index contributed by atoms with van der Waals surface area (Å²) >= 11 is 5.90. The van der Waals surface area contributed by atoms with E-state index in [2.05, 4.69) is 5.10 Å². The van der Waals surface area contributed by atoms with E-state index in [0.29, 0.717) is 29.4 Å². The number of likely N-dealkylation sites (tertiary alicyclic amines) is 1. The fraction of sp³-hybridized carbons (Fsp3) is 0.412. The van der Waals surface area contributed by atoms with E-state index >= 15 is 0 Å². The van der Waals surface area contributed by atoms with Crippen molar-refractivity contribution in [2.45, 2.75) is 26.4 Å². The first kappa shape index (κ1) is 16.0. The number of aliphatic hydroxyl groups excluding tert-OH is 1. The highest BCUT2D eigenvalue weighted by atomic mass is 35.5. The molecule has 2 atom stereocenters. The molecule has 1 aliphatic rings. The molecule has 1 saturated heterocycles. The third kappa shape index (κ3) is 3.26. The molecule has 1 amide bonds. The number of carbonyl (C=O) groups is 1. The molecule has 0 aliphatic carbocycles.